The molecule has 0 atom stereocenters. The largest absolute Gasteiger partial charge is 0.531 e. The lowest BCUT2D eigenvalue weighted by Gasteiger charge is -2.21. The molecule has 0 bridgehead atoms. The number of aryl methyl sites for hydroxylation is 1. The van der Waals surface area contributed by atoms with Crippen LogP contribution in [0.25, 0.3) is 62.7 Å². The van der Waals surface area contributed by atoms with Crippen LogP contribution in [-0.2, 0) is 9.84 Å². The van der Waals surface area contributed by atoms with Crippen molar-refractivity contribution in [2.24, 2.45) is 0 Å². The van der Waals surface area contributed by atoms with Gasteiger partial charge >= 0.3 is 5.82 Å². The normalized spacial score (nSPS) is 9.73. The summed E-state index contributed by atoms with van der Waals surface area (Å²) in [5.74, 6) is -1.54. The summed E-state index contributed by atoms with van der Waals surface area (Å²) >= 11 is 0. The highest BCUT2D eigenvalue weighted by molar-refractivity contribution is 7.91. The summed E-state index contributed by atoms with van der Waals surface area (Å²) in [5, 5.41) is 49.4. The molecule has 0 aliphatic rings. The van der Waals surface area contributed by atoms with E-state index >= 15 is 8.42 Å². The molecule has 0 amide bonds. The van der Waals surface area contributed by atoms with Crippen molar-refractivity contribution in [1.82, 2.24) is 0 Å². The van der Waals surface area contributed by atoms with Gasteiger partial charge in [0.1, 0.15) is 59.7 Å². The topological polar surface area (TPSA) is 188 Å². The van der Waals surface area contributed by atoms with Crippen LogP contribution in [0.2, 0.25) is 0 Å². The molecule has 5 aromatic rings. The number of ether oxygens (including phenoxy) is 1. The van der Waals surface area contributed by atoms with Crippen LogP contribution in [-0.4, -0.2) is 8.42 Å². The fraction of sp³-hybridized carbons (Fsp3) is 0.0227. The first-order chi connectivity index (χ1) is 28.4. The molecule has 5 rings (SSSR count). The van der Waals surface area contributed by atoms with Crippen molar-refractivity contribution in [3.8, 4) is 64.1 Å². The summed E-state index contributed by atoms with van der Waals surface area (Å²) in [6.07, 6.45) is 0. The van der Waals surface area contributed by atoms with Crippen molar-refractivity contribution in [3.63, 3.8) is 0 Å². The van der Waals surface area contributed by atoms with Crippen LogP contribution in [0.1, 0.15) is 22.3 Å². The first-order valence-corrected chi connectivity index (χ1v) is 17.6. The molecule has 15 heteroatoms. The van der Waals surface area contributed by atoms with Gasteiger partial charge in [-0.1, -0.05) is 30.3 Å². The van der Waals surface area contributed by atoms with Crippen molar-refractivity contribution in [1.29, 1.82) is 26.3 Å². The minimum absolute atomic E-state index is 0.0650. The van der Waals surface area contributed by atoms with Crippen LogP contribution >= 0.6 is 0 Å². The Bertz CT molecular complexity index is 3440. The van der Waals surface area contributed by atoms with E-state index in [-0.39, 0.29) is 61.9 Å². The maximum atomic E-state index is 15.4. The zero-order chi connectivity index (χ0) is 43.0. The Morgan fingerprint density at radius 1 is 0.593 bits per heavy atom. The summed E-state index contributed by atoms with van der Waals surface area (Å²) < 4.78 is 37.3. The van der Waals surface area contributed by atoms with E-state index in [2.05, 4.69) is 29.1 Å². The van der Waals surface area contributed by atoms with E-state index in [9.17, 15) is 26.3 Å². The van der Waals surface area contributed by atoms with E-state index in [1.54, 1.807) is 12.1 Å². The monoisotopic (exact) mass is 777 g/mol. The van der Waals surface area contributed by atoms with Crippen LogP contribution in [0.15, 0.2) is 82.6 Å². The molecule has 0 saturated carbocycles. The zero-order valence-electron chi connectivity index (χ0n) is 30.0. The van der Waals surface area contributed by atoms with Crippen molar-refractivity contribution in [2.75, 3.05) is 0 Å². The molecule has 0 N–H and O–H groups in total. The van der Waals surface area contributed by atoms with Crippen molar-refractivity contribution in [3.05, 3.63) is 174 Å². The fourth-order valence-electron chi connectivity index (χ4n) is 6.02. The Labute approximate surface area is 337 Å². The number of nitrogens with zero attached hydrogens (tertiary/aromatic N) is 11. The van der Waals surface area contributed by atoms with Crippen LogP contribution in [0.3, 0.4) is 0 Å². The smallest absolute Gasteiger partial charge is 0.459 e. The number of sulfone groups is 1. The van der Waals surface area contributed by atoms with Crippen molar-refractivity contribution >= 4 is 44.0 Å². The van der Waals surface area contributed by atoms with E-state index < -0.39 is 58.3 Å². The van der Waals surface area contributed by atoms with Gasteiger partial charge in [-0.3, -0.25) is 14.5 Å². The zero-order valence-corrected chi connectivity index (χ0v) is 30.8. The van der Waals surface area contributed by atoms with E-state index in [1.807, 2.05) is 18.2 Å². The predicted molar refractivity (Wildman–Crippen MR) is 210 cm³/mol. The quantitative estimate of drug-likeness (QED) is 0.153. The SMILES string of the molecule is [C-]#[N+]C([N+]#[C-])=c1c(Oc2ccc([N+]#[C-])c([N+]#[C-])c2)c(-c2ccc(C#N)c(C#N)c2)c(=C(C#N)C#N)c(S(=O)(=O)c2ccc(C#N)c(C)c2)c1-c1ccc([N+]#[C-])c([N+]#[C-])c1. The summed E-state index contributed by atoms with van der Waals surface area (Å²) in [7, 11) is -5.07. The number of benzene rings is 5. The van der Waals surface area contributed by atoms with Gasteiger partial charge in [-0.15, -0.1) is 0 Å². The van der Waals surface area contributed by atoms with Gasteiger partial charge in [0, 0.05) is 16.3 Å². The number of hydrogen-bond donors (Lipinski definition) is 0. The highest BCUT2D eigenvalue weighted by Crippen LogP contribution is 2.42. The first kappa shape index (κ1) is 40.2. The number of hydrogen-bond acceptors (Lipinski definition) is 8. The lowest BCUT2D eigenvalue weighted by atomic mass is 9.90. The summed E-state index contributed by atoms with van der Waals surface area (Å²) in [6.45, 7) is 48.3. The van der Waals surface area contributed by atoms with Gasteiger partial charge in [0.15, 0.2) is 22.7 Å². The Hall–Kier alpha value is -10.0. The molecule has 0 heterocycles. The molecule has 5 aromatic carbocycles. The lowest BCUT2D eigenvalue weighted by Crippen LogP contribution is -2.29. The molecule has 0 saturated heterocycles. The first-order valence-electron chi connectivity index (χ1n) is 16.2. The van der Waals surface area contributed by atoms with Gasteiger partial charge in [0.25, 0.3) is 0 Å². The summed E-state index contributed by atoms with van der Waals surface area (Å²) in [5.41, 5.74) is -2.74. The second kappa shape index (κ2) is 16.6. The third-order valence-corrected chi connectivity index (χ3v) is 10.5. The highest BCUT2D eigenvalue weighted by atomic mass is 32.2. The van der Waals surface area contributed by atoms with Crippen LogP contribution in [0.5, 0.6) is 11.5 Å². The van der Waals surface area contributed by atoms with Gasteiger partial charge < -0.3 is 4.74 Å². The molecule has 0 radical (unpaired) electrons. The summed E-state index contributed by atoms with van der Waals surface area (Å²) in [6, 6.07) is 23.6. The molecular weight excluding hydrogens is 763 g/mol. The van der Waals surface area contributed by atoms with Gasteiger partial charge in [-0.25, -0.2) is 13.3 Å². The minimum Gasteiger partial charge on any atom is -0.459 e. The molecular formula is C44H15N11O3S. The molecule has 0 aromatic heterocycles. The highest BCUT2D eigenvalue weighted by Gasteiger charge is 2.35. The van der Waals surface area contributed by atoms with Gasteiger partial charge in [-0.05, 0) is 66.1 Å². The molecule has 0 aliphatic carbocycles. The fourth-order valence-corrected chi connectivity index (χ4v) is 7.80. The number of nitriles is 5. The third kappa shape index (κ3) is 7.05. The van der Waals surface area contributed by atoms with Crippen molar-refractivity contribution < 1.29 is 13.2 Å². The molecule has 59 heavy (non-hydrogen) atoms. The number of rotatable bonds is 6. The van der Waals surface area contributed by atoms with Crippen LogP contribution in [0, 0.1) is 103 Å². The molecule has 270 valence electrons. The lowest BCUT2D eigenvalue weighted by molar-refractivity contribution is 0.480. The molecule has 0 aliphatic heterocycles. The minimum atomic E-state index is -5.07. The van der Waals surface area contributed by atoms with Gasteiger partial charge in [0.2, 0.25) is 9.84 Å². The molecule has 0 fully saturated rings. The summed E-state index contributed by atoms with van der Waals surface area (Å²) in [4.78, 5) is 19.0. The van der Waals surface area contributed by atoms with E-state index in [4.69, 9.17) is 44.2 Å². The Morgan fingerprint density at radius 3 is 1.68 bits per heavy atom. The maximum absolute atomic E-state index is 15.4. The molecule has 0 unspecified atom stereocenters. The van der Waals surface area contributed by atoms with E-state index in [0.717, 1.165) is 24.3 Å². The van der Waals surface area contributed by atoms with Gasteiger partial charge in [-0.2, -0.15) is 36.0 Å². The van der Waals surface area contributed by atoms with Crippen LogP contribution in [0.4, 0.5) is 22.7 Å². The molecule has 0 spiro atoms. The average Bonchev–Trinajstić information content (AvgIpc) is 3.26. The Balaban J connectivity index is 2.32. The van der Waals surface area contributed by atoms with Gasteiger partial charge in [0.05, 0.1) is 58.8 Å². The van der Waals surface area contributed by atoms with Crippen LogP contribution < -0.4 is 15.2 Å². The van der Waals surface area contributed by atoms with E-state index in [1.165, 1.54) is 55.5 Å². The third-order valence-electron chi connectivity index (χ3n) is 8.68. The Morgan fingerprint density at radius 2 is 1.14 bits per heavy atom. The maximum Gasteiger partial charge on any atom is 0.531 e. The predicted octanol–water partition coefficient (Wildman–Crippen LogP) is 8.87. The second-order valence-corrected chi connectivity index (χ2v) is 13.7. The second-order valence-electron chi connectivity index (χ2n) is 11.8. The van der Waals surface area contributed by atoms with Crippen molar-refractivity contribution in [2.45, 2.75) is 16.7 Å². The Kier molecular flexibility index (Phi) is 11.3. The van der Waals surface area contributed by atoms with E-state index in [0.29, 0.717) is 0 Å². The molecule has 14 nitrogen and oxygen atoms in total. The standard InChI is InChI=1S/C44H15N11O3S/c1-25-16-33(13-10-28(25)20-45)59(56,57)43-39(27-11-14-34(50-2)36(18-27)52-4)41(44(54-6)55-7)42(58-32-12-15-35(51-3)37(19-32)53-5)38(40(43)31(23-48)24-49)26-8-9-29(21-46)30(17-26)22-47/h8-19H,1H3. The average molecular weight is 778 g/mol.